The molecule has 0 amide bonds. The highest BCUT2D eigenvalue weighted by Crippen LogP contribution is 2.26. The minimum atomic E-state index is -0.586. The SMILES string of the molecule is COc1cc(F)c(CN2CCc3nc(-c4cccs4)ncc3C2)c(F)c1. The Morgan fingerprint density at radius 1 is 1.27 bits per heavy atom. The van der Waals surface area contributed by atoms with Crippen LogP contribution in [0.15, 0.2) is 35.8 Å². The van der Waals surface area contributed by atoms with Gasteiger partial charge in [-0.3, -0.25) is 4.90 Å². The van der Waals surface area contributed by atoms with Gasteiger partial charge in [-0.2, -0.15) is 0 Å². The summed E-state index contributed by atoms with van der Waals surface area (Å²) in [6.45, 7) is 1.47. The van der Waals surface area contributed by atoms with E-state index < -0.39 is 11.6 Å². The van der Waals surface area contributed by atoms with Crippen LogP contribution < -0.4 is 4.74 Å². The average Bonchev–Trinajstić information content (AvgIpc) is 3.18. The Bertz CT molecular complexity index is 908. The van der Waals surface area contributed by atoms with Crippen LogP contribution >= 0.6 is 11.3 Å². The molecule has 1 aliphatic heterocycles. The number of fused-ring (bicyclic) bond motifs is 1. The van der Waals surface area contributed by atoms with E-state index in [2.05, 4.69) is 9.97 Å². The van der Waals surface area contributed by atoms with Crippen molar-refractivity contribution in [2.24, 2.45) is 0 Å². The van der Waals surface area contributed by atoms with Gasteiger partial charge in [0.1, 0.15) is 17.4 Å². The quantitative estimate of drug-likeness (QED) is 0.692. The molecule has 4 nitrogen and oxygen atoms in total. The molecule has 134 valence electrons. The molecule has 3 aromatic rings. The standard InChI is InChI=1S/C19H17F2N3OS/c1-25-13-7-15(20)14(16(21)8-13)11-24-5-4-17-12(10-24)9-22-19(23-17)18-3-2-6-26-18/h2-3,6-9H,4-5,10-11H2,1H3. The summed E-state index contributed by atoms with van der Waals surface area (Å²) in [6, 6.07) is 6.40. The fraction of sp³-hybridized carbons (Fsp3) is 0.263. The zero-order valence-electron chi connectivity index (χ0n) is 14.2. The van der Waals surface area contributed by atoms with Gasteiger partial charge in [0.2, 0.25) is 0 Å². The van der Waals surface area contributed by atoms with Gasteiger partial charge in [-0.05, 0) is 11.4 Å². The van der Waals surface area contributed by atoms with Crippen molar-refractivity contribution in [1.29, 1.82) is 0 Å². The molecule has 3 heterocycles. The van der Waals surface area contributed by atoms with Gasteiger partial charge in [0.15, 0.2) is 5.82 Å². The first-order valence-electron chi connectivity index (χ1n) is 8.27. The van der Waals surface area contributed by atoms with E-state index in [9.17, 15) is 8.78 Å². The summed E-state index contributed by atoms with van der Waals surface area (Å²) in [4.78, 5) is 12.1. The second-order valence-corrected chi connectivity index (χ2v) is 7.12. The highest BCUT2D eigenvalue weighted by atomic mass is 32.1. The third kappa shape index (κ3) is 3.32. The number of hydrogen-bond acceptors (Lipinski definition) is 5. The molecule has 0 N–H and O–H groups in total. The normalized spacial score (nSPS) is 14.3. The number of aromatic nitrogens is 2. The lowest BCUT2D eigenvalue weighted by molar-refractivity contribution is 0.235. The van der Waals surface area contributed by atoms with Gasteiger partial charge < -0.3 is 4.74 Å². The number of nitrogens with zero attached hydrogens (tertiary/aromatic N) is 3. The van der Waals surface area contributed by atoms with E-state index in [1.54, 1.807) is 11.3 Å². The number of hydrogen-bond donors (Lipinski definition) is 0. The van der Waals surface area contributed by atoms with E-state index in [4.69, 9.17) is 4.74 Å². The molecule has 0 fully saturated rings. The number of thiophene rings is 1. The maximum Gasteiger partial charge on any atom is 0.169 e. The minimum Gasteiger partial charge on any atom is -0.497 e. The number of halogens is 2. The maximum absolute atomic E-state index is 14.2. The van der Waals surface area contributed by atoms with Gasteiger partial charge in [0.05, 0.1) is 17.7 Å². The van der Waals surface area contributed by atoms with Crippen LogP contribution in [0.1, 0.15) is 16.8 Å². The van der Waals surface area contributed by atoms with Crippen molar-refractivity contribution in [1.82, 2.24) is 14.9 Å². The highest BCUT2D eigenvalue weighted by molar-refractivity contribution is 7.13. The Kier molecular flexibility index (Phi) is 4.65. The van der Waals surface area contributed by atoms with Gasteiger partial charge >= 0.3 is 0 Å². The van der Waals surface area contributed by atoms with Crippen molar-refractivity contribution in [3.63, 3.8) is 0 Å². The molecule has 0 spiro atoms. The van der Waals surface area contributed by atoms with E-state index in [1.165, 1.54) is 19.2 Å². The zero-order valence-corrected chi connectivity index (χ0v) is 15.0. The van der Waals surface area contributed by atoms with Crippen LogP contribution in [0.5, 0.6) is 5.75 Å². The molecule has 0 bridgehead atoms. The molecule has 4 rings (SSSR count). The smallest absolute Gasteiger partial charge is 0.169 e. The Balaban J connectivity index is 1.53. The summed E-state index contributed by atoms with van der Waals surface area (Å²) in [5.74, 6) is -0.254. The number of benzene rings is 1. The van der Waals surface area contributed by atoms with E-state index >= 15 is 0 Å². The molecule has 0 radical (unpaired) electrons. The summed E-state index contributed by atoms with van der Waals surface area (Å²) < 4.78 is 33.3. The fourth-order valence-corrected chi connectivity index (χ4v) is 3.77. The van der Waals surface area contributed by atoms with Crippen LogP contribution in [0.3, 0.4) is 0 Å². The van der Waals surface area contributed by atoms with Crippen molar-refractivity contribution in [2.45, 2.75) is 19.5 Å². The molecule has 0 unspecified atom stereocenters. The lowest BCUT2D eigenvalue weighted by Gasteiger charge is -2.28. The van der Waals surface area contributed by atoms with Gasteiger partial charge in [0, 0.05) is 55.5 Å². The van der Waals surface area contributed by atoms with Crippen LogP contribution in [-0.4, -0.2) is 28.5 Å². The van der Waals surface area contributed by atoms with Crippen LogP contribution in [0.25, 0.3) is 10.7 Å². The molecule has 26 heavy (non-hydrogen) atoms. The third-order valence-electron chi connectivity index (χ3n) is 4.49. The second-order valence-electron chi connectivity index (χ2n) is 6.17. The first-order valence-corrected chi connectivity index (χ1v) is 9.15. The minimum absolute atomic E-state index is 0.0605. The summed E-state index contributed by atoms with van der Waals surface area (Å²) in [5, 5.41) is 2.00. The van der Waals surface area contributed by atoms with E-state index in [0.29, 0.717) is 13.1 Å². The summed E-state index contributed by atoms with van der Waals surface area (Å²) in [6.07, 6.45) is 2.56. The largest absolute Gasteiger partial charge is 0.497 e. The molecular weight excluding hydrogens is 356 g/mol. The molecule has 2 aromatic heterocycles. The first-order chi connectivity index (χ1) is 12.6. The first kappa shape index (κ1) is 17.1. The lowest BCUT2D eigenvalue weighted by atomic mass is 10.1. The Morgan fingerprint density at radius 3 is 2.77 bits per heavy atom. The van der Waals surface area contributed by atoms with Crippen LogP contribution in [0, 0.1) is 11.6 Å². The number of rotatable bonds is 4. The van der Waals surface area contributed by atoms with Crippen molar-refractivity contribution in [2.75, 3.05) is 13.7 Å². The van der Waals surface area contributed by atoms with Crippen molar-refractivity contribution in [3.8, 4) is 16.5 Å². The molecule has 1 aromatic carbocycles. The Hall–Kier alpha value is -2.38. The second kappa shape index (κ2) is 7.09. The monoisotopic (exact) mass is 373 g/mol. The maximum atomic E-state index is 14.2. The summed E-state index contributed by atoms with van der Waals surface area (Å²) in [7, 11) is 1.39. The van der Waals surface area contributed by atoms with Crippen LogP contribution in [-0.2, 0) is 19.5 Å². The highest BCUT2D eigenvalue weighted by Gasteiger charge is 2.22. The Labute approximate surface area is 154 Å². The summed E-state index contributed by atoms with van der Waals surface area (Å²) >= 11 is 1.61. The molecule has 0 saturated heterocycles. The van der Waals surface area contributed by atoms with E-state index in [0.717, 1.165) is 28.4 Å². The molecular formula is C19H17F2N3OS. The number of ether oxygens (including phenoxy) is 1. The fourth-order valence-electron chi connectivity index (χ4n) is 3.11. The average molecular weight is 373 g/mol. The van der Waals surface area contributed by atoms with Crippen LogP contribution in [0.4, 0.5) is 8.78 Å². The third-order valence-corrected chi connectivity index (χ3v) is 5.35. The molecule has 0 saturated carbocycles. The lowest BCUT2D eigenvalue weighted by Crippen LogP contribution is -2.31. The molecule has 1 aliphatic rings. The molecule has 0 atom stereocenters. The van der Waals surface area contributed by atoms with Crippen molar-refractivity contribution in [3.05, 3.63) is 64.3 Å². The number of methoxy groups -OCH3 is 1. The summed E-state index contributed by atoms with van der Waals surface area (Å²) in [5.41, 5.74) is 2.08. The Morgan fingerprint density at radius 2 is 2.08 bits per heavy atom. The topological polar surface area (TPSA) is 38.2 Å². The predicted molar refractivity (Wildman–Crippen MR) is 96.1 cm³/mol. The van der Waals surface area contributed by atoms with E-state index in [-0.39, 0.29) is 17.9 Å². The van der Waals surface area contributed by atoms with Gasteiger partial charge in [-0.15, -0.1) is 11.3 Å². The van der Waals surface area contributed by atoms with Gasteiger partial charge in [-0.1, -0.05) is 6.07 Å². The van der Waals surface area contributed by atoms with Crippen LogP contribution in [0.2, 0.25) is 0 Å². The molecule has 0 aliphatic carbocycles. The van der Waals surface area contributed by atoms with Gasteiger partial charge in [-0.25, -0.2) is 18.7 Å². The molecule has 7 heteroatoms. The predicted octanol–water partition coefficient (Wildman–Crippen LogP) is 4.05. The van der Waals surface area contributed by atoms with Crippen molar-refractivity contribution < 1.29 is 13.5 Å². The zero-order chi connectivity index (χ0) is 18.1. The van der Waals surface area contributed by atoms with E-state index in [1.807, 2.05) is 28.6 Å². The van der Waals surface area contributed by atoms with Crippen molar-refractivity contribution >= 4 is 11.3 Å². The van der Waals surface area contributed by atoms with Gasteiger partial charge in [0.25, 0.3) is 0 Å².